The fourth-order valence-corrected chi connectivity index (χ4v) is 16.7. The molecule has 106 heavy (non-hydrogen) atoms. The van der Waals surface area contributed by atoms with Crippen molar-refractivity contribution in [3.05, 3.63) is 152 Å². The molecule has 0 unspecified atom stereocenters. The van der Waals surface area contributed by atoms with Gasteiger partial charge < -0.3 is 81.8 Å². The van der Waals surface area contributed by atoms with E-state index in [1.807, 2.05) is 19.1 Å². The number of aryl methyl sites for hydroxylation is 1. The molecule has 0 bridgehead atoms. The number of allylic oxidation sites excluding steroid dienone is 3. The number of hydrogen-bond donors (Lipinski definition) is 4. The molecule has 608 valence electrons. The highest BCUT2D eigenvalue weighted by Crippen LogP contribution is 2.41. The summed E-state index contributed by atoms with van der Waals surface area (Å²) < 4.78 is 117. The number of aliphatic hydroxyl groups is 4. The van der Waals surface area contributed by atoms with Gasteiger partial charge in [0.2, 0.25) is 11.9 Å². The Kier molecular flexibility index (Phi) is 59.5. The minimum Gasteiger partial charge on any atom is -0.414 e. The van der Waals surface area contributed by atoms with E-state index in [-0.39, 0.29) is 60.5 Å². The van der Waals surface area contributed by atoms with Crippen LogP contribution in [0.2, 0.25) is 44.3 Å². The van der Waals surface area contributed by atoms with E-state index in [0.717, 1.165) is 107 Å². The van der Waals surface area contributed by atoms with Crippen molar-refractivity contribution in [1.29, 1.82) is 0 Å². The zero-order valence-electron chi connectivity index (χ0n) is 66.0. The Hall–Kier alpha value is -4.55. The van der Waals surface area contributed by atoms with Crippen molar-refractivity contribution in [2.75, 3.05) is 130 Å². The van der Waals surface area contributed by atoms with Crippen LogP contribution in [0.3, 0.4) is 0 Å². The maximum absolute atomic E-state index is 13.1. The zero-order valence-corrected chi connectivity index (χ0v) is 68.9. The van der Waals surface area contributed by atoms with Crippen molar-refractivity contribution < 1.29 is 103 Å². The SMILES string of the molecule is C=CC[C@@H](CCOC)C[Si](C)(C)CC=C.C=CC[C@H](O)CCOC.C=C[C@H]1C[C@@H](CCOC)O[C@H]1c1ccnc(F)c1.COCC[C@@H](O)CO.COCC[C@@H](O)COS(=O)(=O)c1ccc(C)cc1.COCC[C@@H]1CC=CC[Si](C)(C)O1.COCC[C@@H]1CO1.COCC[C@@H]1C[C@H](C=O)[C@H](c2ccnc(F)c2)O1. The molecule has 4 N–H and O–H groups in total. The van der Waals surface area contributed by atoms with Crippen LogP contribution in [-0.4, -0.2) is 234 Å². The minimum atomic E-state index is -3.80. The molecular weight excluding hydrogens is 1420 g/mol. The van der Waals surface area contributed by atoms with Gasteiger partial charge in [-0.15, -0.1) is 26.3 Å². The summed E-state index contributed by atoms with van der Waals surface area (Å²) in [5, 5.41) is 35.4. The number of aliphatic hydroxyl groups excluding tert-OH is 4. The summed E-state index contributed by atoms with van der Waals surface area (Å²) in [6.45, 7) is 32.1. The number of ether oxygens (including phenoxy) is 11. The molecular formula is C79H134F2N2O20SSi2. The quantitative estimate of drug-likeness (QED) is 0.0103. The molecule has 0 radical (unpaired) electrons. The Bertz CT molecular complexity index is 2770. The lowest BCUT2D eigenvalue weighted by atomic mass is 9.94. The molecule has 0 spiro atoms. The summed E-state index contributed by atoms with van der Waals surface area (Å²) in [4.78, 5) is 18.2. The molecule has 0 amide bonds. The van der Waals surface area contributed by atoms with Gasteiger partial charge in [0.15, 0.2) is 8.32 Å². The molecule has 4 aliphatic heterocycles. The highest BCUT2D eigenvalue weighted by Gasteiger charge is 2.37. The second kappa shape index (κ2) is 62.1. The first-order chi connectivity index (χ1) is 50.7. The number of nitrogens with zero attached hydrogens (tertiary/aromatic N) is 2. The number of halogens is 2. The summed E-state index contributed by atoms with van der Waals surface area (Å²) in [7, 11) is 6.96. The first-order valence-electron chi connectivity index (χ1n) is 36.6. The molecule has 0 saturated carbocycles. The lowest BCUT2D eigenvalue weighted by Gasteiger charge is -2.26. The van der Waals surface area contributed by atoms with Crippen molar-refractivity contribution >= 4 is 32.8 Å². The third kappa shape index (κ3) is 50.3. The molecule has 3 aromatic rings. The van der Waals surface area contributed by atoms with E-state index in [1.165, 1.54) is 55.9 Å². The van der Waals surface area contributed by atoms with Gasteiger partial charge in [0.05, 0.1) is 87.7 Å². The Balaban J connectivity index is 0.00000121. The second-order valence-electron chi connectivity index (χ2n) is 27.4. The molecule has 1 aromatic carbocycles. The number of pyridine rings is 2. The Morgan fingerprint density at radius 2 is 1.07 bits per heavy atom. The van der Waals surface area contributed by atoms with E-state index in [2.05, 4.69) is 85.4 Å². The van der Waals surface area contributed by atoms with Crippen LogP contribution in [0.25, 0.3) is 0 Å². The van der Waals surface area contributed by atoms with Crippen LogP contribution in [0.15, 0.2) is 129 Å². The van der Waals surface area contributed by atoms with Gasteiger partial charge in [-0.3, -0.25) is 4.18 Å². The average Bonchev–Trinajstić information content (AvgIpc) is 1.57. The van der Waals surface area contributed by atoms with Gasteiger partial charge >= 0.3 is 0 Å². The smallest absolute Gasteiger partial charge is 0.297 e. The number of rotatable bonds is 41. The van der Waals surface area contributed by atoms with Gasteiger partial charge in [-0.1, -0.05) is 73.3 Å². The van der Waals surface area contributed by atoms with Crippen molar-refractivity contribution in [3.8, 4) is 0 Å². The standard InChI is InChI=1S/C14H18FNO2.C13H16FNO3.C13H26OSi.C12H18O5S.C10H20O2Si.C7H14O2.C5H12O3.C5H10O2/c1-3-10-8-12(5-7-17-2)18-14(10)11-4-6-16-13(15)9-11;1-17-5-3-11-6-10(8-16)13(18-11)9-2-4-15-12(14)7-9;1-6-8-13(9-10-14-3)12-15(4,5)11-7-2;1-10-3-5-12(6-4-10)18(14,15)17-9-11(13)7-8-16-2;1-11-8-7-10-6-4-5-9-13(2,3)12-10;1-3-4-7(8)5-6-9-2;1-8-3-2-5(7)4-6;1-6-3-2-5-4-7-5/h3-4,6,9-10,12,14H,1,5,7-8H2,2H3;2,4,7-8,10-11,13H,3,5-6H2,1H3;6-7,13H,1-2,8-12H2,3-5H3;3-6,11,13H,7-9H2,1-2H3;4-5,10H,6-9H2,1-3H3;3,7-8H,1,4-6H2,2H3;5-7H,2-4H2,1H3;5H,2-4H2,1H3/t10-,12+,14+;10-,11-,13+;13-;11-;10-;7-;2*5-/m01010011/s1. The number of methoxy groups -OCH3 is 8. The number of carbonyl (C=O) groups is 1. The minimum absolute atomic E-state index is 0.0126. The Morgan fingerprint density at radius 1 is 0.613 bits per heavy atom. The summed E-state index contributed by atoms with van der Waals surface area (Å²) in [5.74, 6) is -0.285. The fourth-order valence-electron chi connectivity index (χ4n) is 11.0. The van der Waals surface area contributed by atoms with Crippen LogP contribution in [0.4, 0.5) is 8.78 Å². The first kappa shape index (κ1) is 101. The van der Waals surface area contributed by atoms with Gasteiger partial charge in [0.1, 0.15) is 6.29 Å². The number of aromatic nitrogens is 2. The Morgan fingerprint density at radius 3 is 1.51 bits per heavy atom. The lowest BCUT2D eigenvalue weighted by Crippen LogP contribution is -2.34. The zero-order chi connectivity index (χ0) is 79.6. The number of hydrogen-bond acceptors (Lipinski definition) is 22. The third-order valence-electron chi connectivity index (χ3n) is 16.9. The van der Waals surface area contributed by atoms with E-state index >= 15 is 0 Å². The van der Waals surface area contributed by atoms with Gasteiger partial charge in [-0.2, -0.15) is 17.2 Å². The van der Waals surface area contributed by atoms with Gasteiger partial charge in [0, 0.05) is 134 Å². The fraction of sp³-hybridized carbons (Fsp3) is 0.658. The highest BCUT2D eigenvalue weighted by atomic mass is 32.2. The number of epoxide rings is 1. The van der Waals surface area contributed by atoms with Crippen LogP contribution in [0.1, 0.15) is 112 Å². The highest BCUT2D eigenvalue weighted by molar-refractivity contribution is 7.86. The number of aldehydes is 1. The summed E-state index contributed by atoms with van der Waals surface area (Å²) in [6, 6.07) is 16.3. The normalized spacial score (nSPS) is 20.8. The number of benzene rings is 1. The van der Waals surface area contributed by atoms with Crippen LogP contribution < -0.4 is 0 Å². The van der Waals surface area contributed by atoms with E-state index < -0.39 is 50.6 Å². The molecule has 27 heteroatoms. The lowest BCUT2D eigenvalue weighted by molar-refractivity contribution is -0.112. The van der Waals surface area contributed by atoms with Crippen LogP contribution in [0.5, 0.6) is 0 Å². The molecule has 0 aliphatic carbocycles. The maximum Gasteiger partial charge on any atom is 0.297 e. The number of carbonyl (C=O) groups excluding carboxylic acids is 1. The molecule has 7 rings (SSSR count). The first-order valence-corrected chi connectivity index (χ1v) is 44.5. The van der Waals surface area contributed by atoms with E-state index in [9.17, 15) is 27.1 Å². The predicted octanol–water partition coefficient (Wildman–Crippen LogP) is 13.3. The topological polar surface area (TPSA) is 281 Å². The molecule has 6 heterocycles. The molecule has 22 nitrogen and oxygen atoms in total. The Labute approximate surface area is 636 Å². The molecule has 2 aromatic heterocycles. The molecule has 3 saturated heterocycles. The van der Waals surface area contributed by atoms with Gasteiger partial charge in [-0.05, 0) is 169 Å². The predicted molar refractivity (Wildman–Crippen MR) is 419 cm³/mol. The van der Waals surface area contributed by atoms with Crippen molar-refractivity contribution in [2.45, 2.75) is 195 Å². The second-order valence-corrected chi connectivity index (χ2v) is 38.4. The maximum atomic E-state index is 13.1. The van der Waals surface area contributed by atoms with Crippen molar-refractivity contribution in [2.24, 2.45) is 17.8 Å². The van der Waals surface area contributed by atoms with E-state index in [0.29, 0.717) is 82.9 Å². The largest absolute Gasteiger partial charge is 0.414 e. The molecule has 12 atom stereocenters. The van der Waals surface area contributed by atoms with Crippen LogP contribution >= 0.6 is 0 Å². The summed E-state index contributed by atoms with van der Waals surface area (Å²) >= 11 is 0. The van der Waals surface area contributed by atoms with Crippen LogP contribution in [-0.2, 0) is 75.6 Å². The monoisotopic (exact) mass is 1560 g/mol. The van der Waals surface area contributed by atoms with Gasteiger partial charge in [-0.25, -0.2) is 9.97 Å². The average molecular weight is 1560 g/mol. The summed E-state index contributed by atoms with van der Waals surface area (Å²) in [6.07, 6.45) is 25.6. The summed E-state index contributed by atoms with van der Waals surface area (Å²) in [5.41, 5.74) is 2.46. The van der Waals surface area contributed by atoms with Crippen molar-refractivity contribution in [1.82, 2.24) is 9.97 Å². The molecule has 4 aliphatic rings. The van der Waals surface area contributed by atoms with Gasteiger partial charge in [0.25, 0.3) is 10.1 Å². The third-order valence-corrected chi connectivity index (χ3v) is 23.5. The van der Waals surface area contributed by atoms with Crippen molar-refractivity contribution in [3.63, 3.8) is 0 Å². The van der Waals surface area contributed by atoms with Crippen LogP contribution in [0, 0.1) is 36.6 Å². The van der Waals surface area contributed by atoms with E-state index in [1.54, 1.807) is 80.1 Å². The van der Waals surface area contributed by atoms with E-state index in [4.69, 9.17) is 71.3 Å². The molecule has 3 fully saturated rings.